The fraction of sp³-hybridized carbons (Fsp3) is 0.263. The monoisotopic (exact) mass is 370 g/mol. The summed E-state index contributed by atoms with van der Waals surface area (Å²) in [6, 6.07) is 9.09. The van der Waals surface area contributed by atoms with E-state index < -0.39 is 0 Å². The zero-order valence-corrected chi connectivity index (χ0v) is 15.2. The standard InChI is InChI=1S/C19H19FN4O3/c1-11(2)21-19(25)16-8-9-17(23-22-16)26-10-15-12(3)27-24-18(15)13-4-6-14(20)7-5-13/h4-9,11H,10H2,1-3H3,(H,21,25). The van der Waals surface area contributed by atoms with Crippen molar-refractivity contribution in [1.29, 1.82) is 0 Å². The van der Waals surface area contributed by atoms with E-state index in [9.17, 15) is 9.18 Å². The normalized spacial score (nSPS) is 10.9. The van der Waals surface area contributed by atoms with Crippen LogP contribution in [-0.4, -0.2) is 27.3 Å². The molecule has 1 amide bonds. The van der Waals surface area contributed by atoms with E-state index in [1.54, 1.807) is 31.2 Å². The molecule has 0 aliphatic heterocycles. The lowest BCUT2D eigenvalue weighted by Gasteiger charge is -2.08. The minimum atomic E-state index is -0.325. The van der Waals surface area contributed by atoms with Crippen LogP contribution in [0.4, 0.5) is 4.39 Å². The summed E-state index contributed by atoms with van der Waals surface area (Å²) in [5.41, 5.74) is 2.24. The van der Waals surface area contributed by atoms with Crippen LogP contribution in [0.25, 0.3) is 11.3 Å². The molecule has 0 spiro atoms. The molecule has 27 heavy (non-hydrogen) atoms. The average Bonchev–Trinajstić information content (AvgIpc) is 3.01. The highest BCUT2D eigenvalue weighted by molar-refractivity contribution is 5.92. The van der Waals surface area contributed by atoms with Crippen molar-refractivity contribution in [3.05, 3.63) is 59.2 Å². The van der Waals surface area contributed by atoms with Gasteiger partial charge in [0, 0.05) is 17.7 Å². The van der Waals surface area contributed by atoms with E-state index in [-0.39, 0.29) is 35.9 Å². The molecule has 7 nitrogen and oxygen atoms in total. The Bertz CT molecular complexity index is 921. The van der Waals surface area contributed by atoms with Crippen LogP contribution in [0.3, 0.4) is 0 Å². The topological polar surface area (TPSA) is 90.1 Å². The Morgan fingerprint density at radius 3 is 2.56 bits per heavy atom. The van der Waals surface area contributed by atoms with Crippen LogP contribution < -0.4 is 10.1 Å². The highest BCUT2D eigenvalue weighted by Crippen LogP contribution is 2.26. The number of ether oxygens (including phenoxy) is 1. The summed E-state index contributed by atoms with van der Waals surface area (Å²) in [6.45, 7) is 5.64. The second kappa shape index (κ2) is 7.94. The fourth-order valence-electron chi connectivity index (χ4n) is 2.40. The van der Waals surface area contributed by atoms with E-state index in [1.165, 1.54) is 12.1 Å². The summed E-state index contributed by atoms with van der Waals surface area (Å²) in [7, 11) is 0. The summed E-state index contributed by atoms with van der Waals surface area (Å²) in [5.74, 6) is 0.239. The molecule has 0 radical (unpaired) electrons. The molecule has 8 heteroatoms. The summed E-state index contributed by atoms with van der Waals surface area (Å²) < 4.78 is 24.0. The number of halogens is 1. The van der Waals surface area contributed by atoms with Crippen molar-refractivity contribution >= 4 is 5.91 Å². The molecular weight excluding hydrogens is 351 g/mol. The number of hydrogen-bond donors (Lipinski definition) is 1. The first-order chi connectivity index (χ1) is 12.9. The molecule has 2 heterocycles. The Kier molecular flexibility index (Phi) is 5.44. The first-order valence-electron chi connectivity index (χ1n) is 8.42. The maximum Gasteiger partial charge on any atom is 0.272 e. The van der Waals surface area contributed by atoms with Crippen molar-refractivity contribution in [3.63, 3.8) is 0 Å². The van der Waals surface area contributed by atoms with Gasteiger partial charge in [0.2, 0.25) is 5.88 Å². The summed E-state index contributed by atoms with van der Waals surface area (Å²) in [6.07, 6.45) is 0. The molecule has 0 saturated heterocycles. The highest BCUT2D eigenvalue weighted by atomic mass is 19.1. The Labute approximate surface area is 155 Å². The van der Waals surface area contributed by atoms with Gasteiger partial charge in [-0.15, -0.1) is 10.2 Å². The van der Waals surface area contributed by atoms with Gasteiger partial charge in [-0.3, -0.25) is 4.79 Å². The minimum Gasteiger partial charge on any atom is -0.472 e. The zero-order chi connectivity index (χ0) is 19.4. The molecule has 0 atom stereocenters. The molecule has 140 valence electrons. The number of hydrogen-bond acceptors (Lipinski definition) is 6. The number of aryl methyl sites for hydroxylation is 1. The number of benzene rings is 1. The largest absolute Gasteiger partial charge is 0.472 e. The molecule has 3 rings (SSSR count). The predicted molar refractivity (Wildman–Crippen MR) is 95.6 cm³/mol. The van der Waals surface area contributed by atoms with Gasteiger partial charge in [0.05, 0.1) is 5.56 Å². The molecule has 0 aliphatic rings. The quantitative estimate of drug-likeness (QED) is 0.716. The van der Waals surface area contributed by atoms with Gasteiger partial charge < -0.3 is 14.6 Å². The SMILES string of the molecule is Cc1onc(-c2ccc(F)cc2)c1COc1ccc(C(=O)NC(C)C)nn1. The number of amides is 1. The molecule has 0 bridgehead atoms. The minimum absolute atomic E-state index is 0.0108. The van der Waals surface area contributed by atoms with Crippen LogP contribution in [0.15, 0.2) is 40.9 Å². The first-order valence-corrected chi connectivity index (χ1v) is 8.42. The van der Waals surface area contributed by atoms with Crippen molar-refractivity contribution in [2.24, 2.45) is 0 Å². The Balaban J connectivity index is 1.71. The Morgan fingerprint density at radius 1 is 1.19 bits per heavy atom. The van der Waals surface area contributed by atoms with E-state index in [0.717, 1.165) is 11.1 Å². The predicted octanol–water partition coefficient (Wildman–Crippen LogP) is 3.30. The maximum atomic E-state index is 13.1. The molecular formula is C19H19FN4O3. The van der Waals surface area contributed by atoms with Crippen molar-refractivity contribution < 1.29 is 18.4 Å². The van der Waals surface area contributed by atoms with E-state index in [2.05, 4.69) is 20.7 Å². The highest BCUT2D eigenvalue weighted by Gasteiger charge is 2.16. The van der Waals surface area contributed by atoms with Gasteiger partial charge in [0.25, 0.3) is 5.91 Å². The summed E-state index contributed by atoms with van der Waals surface area (Å²) in [5, 5.41) is 14.6. The lowest BCUT2D eigenvalue weighted by Crippen LogP contribution is -2.30. The van der Waals surface area contributed by atoms with Crippen LogP contribution >= 0.6 is 0 Å². The zero-order valence-electron chi connectivity index (χ0n) is 15.2. The van der Waals surface area contributed by atoms with Crippen LogP contribution in [-0.2, 0) is 6.61 Å². The molecule has 0 unspecified atom stereocenters. The van der Waals surface area contributed by atoms with Gasteiger partial charge in [0.1, 0.15) is 23.9 Å². The first kappa shape index (κ1) is 18.5. The summed E-state index contributed by atoms with van der Waals surface area (Å²) in [4.78, 5) is 11.9. The molecule has 1 N–H and O–H groups in total. The number of aromatic nitrogens is 3. The van der Waals surface area contributed by atoms with E-state index in [4.69, 9.17) is 9.26 Å². The Morgan fingerprint density at radius 2 is 1.93 bits per heavy atom. The third-order valence-electron chi connectivity index (χ3n) is 3.76. The van der Waals surface area contributed by atoms with Gasteiger partial charge in [0.15, 0.2) is 5.69 Å². The third-order valence-corrected chi connectivity index (χ3v) is 3.76. The molecule has 0 fully saturated rings. The van der Waals surface area contributed by atoms with E-state index >= 15 is 0 Å². The summed E-state index contributed by atoms with van der Waals surface area (Å²) >= 11 is 0. The lowest BCUT2D eigenvalue weighted by atomic mass is 10.1. The van der Waals surface area contributed by atoms with Crippen molar-refractivity contribution in [1.82, 2.24) is 20.7 Å². The van der Waals surface area contributed by atoms with Crippen LogP contribution in [0.2, 0.25) is 0 Å². The van der Waals surface area contributed by atoms with Crippen molar-refractivity contribution in [3.8, 4) is 17.1 Å². The van der Waals surface area contributed by atoms with Gasteiger partial charge >= 0.3 is 0 Å². The molecule has 2 aromatic heterocycles. The van der Waals surface area contributed by atoms with Gasteiger partial charge in [-0.25, -0.2) is 4.39 Å². The van der Waals surface area contributed by atoms with Crippen LogP contribution in [0, 0.1) is 12.7 Å². The molecule has 0 aliphatic carbocycles. The fourth-order valence-corrected chi connectivity index (χ4v) is 2.40. The molecule has 0 saturated carbocycles. The van der Waals surface area contributed by atoms with Gasteiger partial charge in [-0.2, -0.15) is 0 Å². The number of rotatable bonds is 6. The average molecular weight is 370 g/mol. The molecule has 3 aromatic rings. The second-order valence-corrected chi connectivity index (χ2v) is 6.25. The number of nitrogens with one attached hydrogen (secondary N) is 1. The van der Waals surface area contributed by atoms with Crippen LogP contribution in [0.1, 0.15) is 35.7 Å². The lowest BCUT2D eigenvalue weighted by molar-refractivity contribution is 0.0936. The third kappa shape index (κ3) is 4.46. The smallest absolute Gasteiger partial charge is 0.272 e. The van der Waals surface area contributed by atoms with Crippen LogP contribution in [0.5, 0.6) is 5.88 Å². The van der Waals surface area contributed by atoms with Gasteiger partial charge in [-0.05, 0) is 51.1 Å². The van der Waals surface area contributed by atoms with Gasteiger partial charge in [-0.1, -0.05) is 5.16 Å². The van der Waals surface area contributed by atoms with E-state index in [1.807, 2.05) is 13.8 Å². The number of nitrogens with zero attached hydrogens (tertiary/aromatic N) is 3. The molecule has 1 aromatic carbocycles. The number of carbonyl (C=O) groups is 1. The maximum absolute atomic E-state index is 13.1. The Hall–Kier alpha value is -3.29. The van der Waals surface area contributed by atoms with Crippen molar-refractivity contribution in [2.75, 3.05) is 0 Å². The van der Waals surface area contributed by atoms with E-state index in [0.29, 0.717) is 11.5 Å². The van der Waals surface area contributed by atoms with Crippen molar-refractivity contribution in [2.45, 2.75) is 33.4 Å². The second-order valence-electron chi connectivity index (χ2n) is 6.25. The number of carbonyl (C=O) groups excluding carboxylic acids is 1.